The van der Waals surface area contributed by atoms with Crippen LogP contribution in [-0.2, 0) is 4.74 Å². The largest absolute Gasteiger partial charge is 0.383 e. The van der Waals surface area contributed by atoms with E-state index in [4.69, 9.17) is 27.9 Å². The smallest absolute Gasteiger partial charge is 0.274 e. The zero-order valence-electron chi connectivity index (χ0n) is 11.8. The van der Waals surface area contributed by atoms with Gasteiger partial charge in [0.05, 0.1) is 16.7 Å². The van der Waals surface area contributed by atoms with Crippen LogP contribution in [0.15, 0.2) is 30.5 Å². The lowest BCUT2D eigenvalue weighted by Gasteiger charge is -2.07. The number of nitrogens with one attached hydrogen (secondary N) is 2. The summed E-state index contributed by atoms with van der Waals surface area (Å²) in [6.07, 6.45) is 1.51. The number of hydrogen-bond acceptors (Lipinski definition) is 5. The van der Waals surface area contributed by atoms with Gasteiger partial charge in [-0.3, -0.25) is 4.79 Å². The molecule has 0 aliphatic rings. The van der Waals surface area contributed by atoms with Crippen molar-refractivity contribution in [2.75, 3.05) is 30.9 Å². The Balaban J connectivity index is 2.05. The molecule has 2 rings (SSSR count). The molecule has 0 atom stereocenters. The number of anilines is 2. The van der Waals surface area contributed by atoms with Crippen LogP contribution in [0.4, 0.5) is 11.6 Å². The highest BCUT2D eigenvalue weighted by Crippen LogP contribution is 2.25. The second-order valence-electron chi connectivity index (χ2n) is 4.27. The van der Waals surface area contributed by atoms with Crippen LogP contribution in [0.1, 0.15) is 10.5 Å². The van der Waals surface area contributed by atoms with Gasteiger partial charge in [0.25, 0.3) is 5.91 Å². The van der Waals surface area contributed by atoms with Gasteiger partial charge in [0.2, 0.25) is 5.95 Å². The third-order valence-corrected chi connectivity index (χ3v) is 3.39. The molecule has 116 valence electrons. The van der Waals surface area contributed by atoms with E-state index < -0.39 is 0 Å². The number of ether oxygens (including phenoxy) is 1. The summed E-state index contributed by atoms with van der Waals surface area (Å²) < 4.78 is 4.92. The van der Waals surface area contributed by atoms with Crippen molar-refractivity contribution in [3.8, 4) is 0 Å². The molecule has 8 heteroatoms. The van der Waals surface area contributed by atoms with Crippen LogP contribution in [0, 0.1) is 0 Å². The fourth-order valence-corrected chi connectivity index (χ4v) is 1.90. The van der Waals surface area contributed by atoms with Crippen LogP contribution < -0.4 is 10.6 Å². The zero-order valence-corrected chi connectivity index (χ0v) is 13.3. The first kappa shape index (κ1) is 16.5. The Morgan fingerprint density at radius 1 is 1.27 bits per heavy atom. The quantitative estimate of drug-likeness (QED) is 0.790. The van der Waals surface area contributed by atoms with Gasteiger partial charge in [-0.15, -0.1) is 0 Å². The summed E-state index contributed by atoms with van der Waals surface area (Å²) in [5, 5.41) is 6.44. The number of halogens is 2. The second kappa shape index (κ2) is 7.93. The Kier molecular flexibility index (Phi) is 5.94. The van der Waals surface area contributed by atoms with Crippen LogP contribution in [0.3, 0.4) is 0 Å². The summed E-state index contributed by atoms with van der Waals surface area (Å²) >= 11 is 11.7. The molecule has 0 radical (unpaired) electrons. The molecular formula is C14H14Cl2N4O2. The van der Waals surface area contributed by atoms with Gasteiger partial charge >= 0.3 is 0 Å². The van der Waals surface area contributed by atoms with E-state index >= 15 is 0 Å². The van der Waals surface area contributed by atoms with E-state index in [2.05, 4.69) is 20.6 Å². The van der Waals surface area contributed by atoms with E-state index in [1.807, 2.05) is 0 Å². The molecule has 1 aromatic heterocycles. The summed E-state index contributed by atoms with van der Waals surface area (Å²) in [7, 11) is 1.60. The van der Waals surface area contributed by atoms with Gasteiger partial charge in [0.15, 0.2) is 0 Å². The number of rotatable bonds is 6. The minimum atomic E-state index is -0.365. The first-order chi connectivity index (χ1) is 10.6. The van der Waals surface area contributed by atoms with E-state index in [0.717, 1.165) is 0 Å². The number of amides is 1. The van der Waals surface area contributed by atoms with Crippen LogP contribution in [0.25, 0.3) is 0 Å². The van der Waals surface area contributed by atoms with E-state index in [1.54, 1.807) is 25.3 Å². The molecule has 1 heterocycles. The predicted octanol–water partition coefficient (Wildman–Crippen LogP) is 3.09. The number of benzene rings is 1. The van der Waals surface area contributed by atoms with Crippen molar-refractivity contribution in [2.24, 2.45) is 0 Å². The number of hydrogen-bond donors (Lipinski definition) is 2. The molecule has 1 aromatic carbocycles. The average molecular weight is 341 g/mol. The van der Waals surface area contributed by atoms with Crippen LogP contribution in [-0.4, -0.2) is 36.1 Å². The summed E-state index contributed by atoms with van der Waals surface area (Å²) in [6.45, 7) is 1.07. The molecule has 2 N–H and O–H groups in total. The Morgan fingerprint density at radius 2 is 2.09 bits per heavy atom. The summed E-state index contributed by atoms with van der Waals surface area (Å²) in [5.74, 6) is -0.00517. The van der Waals surface area contributed by atoms with Crippen molar-refractivity contribution in [3.63, 3.8) is 0 Å². The van der Waals surface area contributed by atoms with Gasteiger partial charge in [-0.25, -0.2) is 9.97 Å². The molecule has 0 unspecified atom stereocenters. The highest BCUT2D eigenvalue weighted by atomic mass is 35.5. The molecule has 0 saturated heterocycles. The SMILES string of the molecule is COCCNc1nccc(C(=O)Nc2ccc(Cl)c(Cl)c2)n1. The van der Waals surface area contributed by atoms with E-state index in [1.165, 1.54) is 12.3 Å². The zero-order chi connectivity index (χ0) is 15.9. The van der Waals surface area contributed by atoms with Gasteiger partial charge in [-0.05, 0) is 24.3 Å². The monoisotopic (exact) mass is 340 g/mol. The first-order valence-corrected chi connectivity index (χ1v) is 7.18. The van der Waals surface area contributed by atoms with Crippen LogP contribution >= 0.6 is 23.2 Å². The minimum Gasteiger partial charge on any atom is -0.383 e. The van der Waals surface area contributed by atoms with E-state index in [0.29, 0.717) is 34.8 Å². The molecule has 0 spiro atoms. The molecule has 0 fully saturated rings. The topological polar surface area (TPSA) is 76.1 Å². The van der Waals surface area contributed by atoms with Gasteiger partial charge in [0.1, 0.15) is 5.69 Å². The van der Waals surface area contributed by atoms with E-state index in [-0.39, 0.29) is 11.6 Å². The van der Waals surface area contributed by atoms with Gasteiger partial charge in [0, 0.05) is 25.5 Å². The molecule has 0 aliphatic carbocycles. The maximum Gasteiger partial charge on any atom is 0.274 e. The highest BCUT2D eigenvalue weighted by Gasteiger charge is 2.10. The Hall–Kier alpha value is -1.89. The fraction of sp³-hybridized carbons (Fsp3) is 0.214. The van der Waals surface area contributed by atoms with Crippen LogP contribution in [0.5, 0.6) is 0 Å². The molecule has 2 aromatic rings. The molecule has 1 amide bonds. The maximum absolute atomic E-state index is 12.2. The van der Waals surface area contributed by atoms with E-state index in [9.17, 15) is 4.79 Å². The number of carbonyl (C=O) groups is 1. The lowest BCUT2D eigenvalue weighted by atomic mass is 10.3. The summed E-state index contributed by atoms with van der Waals surface area (Å²) in [5.41, 5.74) is 0.771. The van der Waals surface area contributed by atoms with Crippen molar-refractivity contribution in [1.29, 1.82) is 0 Å². The normalized spacial score (nSPS) is 10.3. The molecule has 0 bridgehead atoms. The highest BCUT2D eigenvalue weighted by molar-refractivity contribution is 6.42. The second-order valence-corrected chi connectivity index (χ2v) is 5.08. The molecule has 0 saturated carbocycles. The summed E-state index contributed by atoms with van der Waals surface area (Å²) in [4.78, 5) is 20.3. The van der Waals surface area contributed by atoms with Gasteiger partial charge < -0.3 is 15.4 Å². The average Bonchev–Trinajstić information content (AvgIpc) is 2.51. The van der Waals surface area contributed by atoms with Crippen molar-refractivity contribution < 1.29 is 9.53 Å². The maximum atomic E-state index is 12.2. The summed E-state index contributed by atoms with van der Waals surface area (Å²) in [6, 6.07) is 6.36. The molecular weight excluding hydrogens is 327 g/mol. The van der Waals surface area contributed by atoms with Crippen LogP contribution in [0.2, 0.25) is 10.0 Å². The van der Waals surface area contributed by atoms with Gasteiger partial charge in [-0.2, -0.15) is 0 Å². The Bertz CT molecular complexity index is 667. The lowest BCUT2D eigenvalue weighted by molar-refractivity contribution is 0.102. The number of carbonyl (C=O) groups excluding carboxylic acids is 1. The van der Waals surface area contributed by atoms with Crippen molar-refractivity contribution in [3.05, 3.63) is 46.2 Å². The third-order valence-electron chi connectivity index (χ3n) is 2.65. The minimum absolute atomic E-state index is 0.237. The predicted molar refractivity (Wildman–Crippen MR) is 86.8 cm³/mol. The Labute approximate surface area is 137 Å². The van der Waals surface area contributed by atoms with Crippen molar-refractivity contribution in [2.45, 2.75) is 0 Å². The number of aromatic nitrogens is 2. The first-order valence-electron chi connectivity index (χ1n) is 6.42. The third kappa shape index (κ3) is 4.56. The molecule has 0 aliphatic heterocycles. The standard InChI is InChI=1S/C14H14Cl2N4O2/c1-22-7-6-18-14-17-5-4-12(20-14)13(21)19-9-2-3-10(15)11(16)8-9/h2-5,8H,6-7H2,1H3,(H,19,21)(H,17,18,20). The van der Waals surface area contributed by atoms with Gasteiger partial charge in [-0.1, -0.05) is 23.2 Å². The Morgan fingerprint density at radius 3 is 2.82 bits per heavy atom. The molecule has 22 heavy (non-hydrogen) atoms. The fourth-order valence-electron chi connectivity index (χ4n) is 1.60. The lowest BCUT2D eigenvalue weighted by Crippen LogP contribution is -2.16. The van der Waals surface area contributed by atoms with Crippen molar-refractivity contribution >= 4 is 40.7 Å². The number of methoxy groups -OCH3 is 1. The molecule has 6 nitrogen and oxygen atoms in total. The number of nitrogens with zero attached hydrogens (tertiary/aromatic N) is 2. The van der Waals surface area contributed by atoms with Crippen molar-refractivity contribution in [1.82, 2.24) is 9.97 Å².